The Balaban J connectivity index is 1.69. The number of likely N-dealkylation sites (tertiary alicyclic amines) is 1. The summed E-state index contributed by atoms with van der Waals surface area (Å²) < 4.78 is 13.0. The molecule has 0 N–H and O–H groups in total. The highest BCUT2D eigenvalue weighted by atomic mass is 19.1. The Bertz CT molecular complexity index is 538. The number of carbonyl (C=O) groups is 2. The summed E-state index contributed by atoms with van der Waals surface area (Å²) in [6.45, 7) is 2.01. The van der Waals surface area contributed by atoms with E-state index in [2.05, 4.69) is 0 Å². The Morgan fingerprint density at radius 2 is 1.76 bits per heavy atom. The average Bonchev–Trinajstić information content (AvgIpc) is 2.90. The molecule has 4 nitrogen and oxygen atoms in total. The molecule has 2 aliphatic heterocycles. The summed E-state index contributed by atoms with van der Waals surface area (Å²) in [6, 6.07) is 5.84. The number of hydrogen-bond donors (Lipinski definition) is 0. The summed E-state index contributed by atoms with van der Waals surface area (Å²) in [5.74, 6) is -0.559. The van der Waals surface area contributed by atoms with E-state index < -0.39 is 0 Å². The van der Waals surface area contributed by atoms with Crippen molar-refractivity contribution in [3.8, 4) is 0 Å². The number of nitrogens with zero attached hydrogens (tertiary/aromatic N) is 2. The van der Waals surface area contributed by atoms with Gasteiger partial charge in [0.2, 0.25) is 11.8 Å². The van der Waals surface area contributed by atoms with E-state index in [0.29, 0.717) is 12.2 Å². The van der Waals surface area contributed by atoms with E-state index in [0.717, 1.165) is 25.9 Å². The summed E-state index contributed by atoms with van der Waals surface area (Å²) in [5, 5.41) is 0. The van der Waals surface area contributed by atoms with Crippen molar-refractivity contribution in [2.75, 3.05) is 24.5 Å². The second kappa shape index (κ2) is 5.84. The van der Waals surface area contributed by atoms with Gasteiger partial charge in [-0.3, -0.25) is 9.59 Å². The molecular formula is C16H19FN2O2. The molecule has 0 aliphatic carbocycles. The van der Waals surface area contributed by atoms with Crippen molar-refractivity contribution in [3.63, 3.8) is 0 Å². The molecule has 3 rings (SSSR count). The van der Waals surface area contributed by atoms with Gasteiger partial charge < -0.3 is 9.80 Å². The van der Waals surface area contributed by atoms with Crippen LogP contribution in [0.15, 0.2) is 24.3 Å². The molecule has 0 unspecified atom stereocenters. The Kier molecular flexibility index (Phi) is 3.90. The van der Waals surface area contributed by atoms with E-state index in [1.807, 2.05) is 4.90 Å². The third-order valence-corrected chi connectivity index (χ3v) is 4.28. The van der Waals surface area contributed by atoms with Crippen LogP contribution in [0.2, 0.25) is 0 Å². The van der Waals surface area contributed by atoms with Crippen molar-refractivity contribution in [3.05, 3.63) is 30.1 Å². The number of benzene rings is 1. The summed E-state index contributed by atoms with van der Waals surface area (Å²) >= 11 is 0. The van der Waals surface area contributed by atoms with Crippen molar-refractivity contribution >= 4 is 17.5 Å². The summed E-state index contributed by atoms with van der Waals surface area (Å²) in [7, 11) is 0. The molecule has 0 saturated carbocycles. The van der Waals surface area contributed by atoms with E-state index >= 15 is 0 Å². The highest BCUT2D eigenvalue weighted by Crippen LogP contribution is 2.27. The van der Waals surface area contributed by atoms with Gasteiger partial charge in [-0.2, -0.15) is 0 Å². The topological polar surface area (TPSA) is 40.6 Å². The van der Waals surface area contributed by atoms with Crippen LogP contribution >= 0.6 is 0 Å². The van der Waals surface area contributed by atoms with Crippen molar-refractivity contribution < 1.29 is 14.0 Å². The number of carbonyl (C=O) groups excluding carboxylic acids is 2. The third kappa shape index (κ3) is 2.91. The number of anilines is 1. The van der Waals surface area contributed by atoms with Gasteiger partial charge in [-0.1, -0.05) is 0 Å². The predicted molar refractivity (Wildman–Crippen MR) is 77.3 cm³/mol. The fourth-order valence-electron chi connectivity index (χ4n) is 3.12. The number of amides is 2. The summed E-state index contributed by atoms with van der Waals surface area (Å²) in [4.78, 5) is 28.1. The average molecular weight is 290 g/mol. The van der Waals surface area contributed by atoms with Gasteiger partial charge in [-0.15, -0.1) is 0 Å². The lowest BCUT2D eigenvalue weighted by Gasteiger charge is -2.29. The molecule has 112 valence electrons. The van der Waals surface area contributed by atoms with Crippen LogP contribution in [0.4, 0.5) is 10.1 Å². The lowest BCUT2D eigenvalue weighted by atomic mass is 10.0. The molecule has 2 saturated heterocycles. The van der Waals surface area contributed by atoms with Crippen LogP contribution in [0.3, 0.4) is 0 Å². The molecule has 5 heteroatoms. The van der Waals surface area contributed by atoms with Crippen molar-refractivity contribution in [2.45, 2.75) is 25.7 Å². The first-order chi connectivity index (χ1) is 10.1. The van der Waals surface area contributed by atoms with E-state index in [1.54, 1.807) is 17.0 Å². The quantitative estimate of drug-likeness (QED) is 0.837. The molecule has 2 fully saturated rings. The van der Waals surface area contributed by atoms with Crippen LogP contribution in [0, 0.1) is 11.7 Å². The van der Waals surface area contributed by atoms with Gasteiger partial charge in [0.1, 0.15) is 5.82 Å². The molecule has 21 heavy (non-hydrogen) atoms. The van der Waals surface area contributed by atoms with Crippen LogP contribution in [0.5, 0.6) is 0 Å². The highest BCUT2D eigenvalue weighted by Gasteiger charge is 2.37. The first-order valence-electron chi connectivity index (χ1n) is 7.50. The molecule has 0 radical (unpaired) electrons. The molecule has 1 atom stereocenters. The first-order valence-corrected chi connectivity index (χ1v) is 7.50. The fourth-order valence-corrected chi connectivity index (χ4v) is 3.12. The zero-order valence-electron chi connectivity index (χ0n) is 11.9. The normalized spacial score (nSPS) is 22.7. The first kappa shape index (κ1) is 14.0. The number of piperidine rings is 1. The van der Waals surface area contributed by atoms with E-state index in [1.165, 1.54) is 18.6 Å². The highest BCUT2D eigenvalue weighted by molar-refractivity contribution is 6.00. The predicted octanol–water partition coefficient (Wildman–Crippen LogP) is 2.19. The second-order valence-electron chi connectivity index (χ2n) is 5.77. The van der Waals surface area contributed by atoms with Gasteiger partial charge in [-0.05, 0) is 43.5 Å². The zero-order valence-corrected chi connectivity index (χ0v) is 11.9. The van der Waals surface area contributed by atoms with E-state index in [9.17, 15) is 14.0 Å². The van der Waals surface area contributed by atoms with Gasteiger partial charge >= 0.3 is 0 Å². The Morgan fingerprint density at radius 3 is 2.43 bits per heavy atom. The smallest absolute Gasteiger partial charge is 0.228 e. The van der Waals surface area contributed by atoms with E-state index in [-0.39, 0.29) is 30.0 Å². The van der Waals surface area contributed by atoms with Gasteiger partial charge in [0.05, 0.1) is 5.92 Å². The lowest BCUT2D eigenvalue weighted by Crippen LogP contribution is -2.40. The van der Waals surface area contributed by atoms with Crippen LogP contribution < -0.4 is 4.90 Å². The van der Waals surface area contributed by atoms with Crippen LogP contribution in [0.25, 0.3) is 0 Å². The zero-order chi connectivity index (χ0) is 14.8. The molecule has 0 aromatic heterocycles. The Morgan fingerprint density at radius 1 is 1.10 bits per heavy atom. The van der Waals surface area contributed by atoms with Crippen LogP contribution in [0.1, 0.15) is 25.7 Å². The number of rotatable bonds is 2. The fraction of sp³-hybridized carbons (Fsp3) is 0.500. The second-order valence-corrected chi connectivity index (χ2v) is 5.77. The summed E-state index contributed by atoms with van der Waals surface area (Å²) in [6.07, 6.45) is 3.53. The minimum atomic E-state index is -0.327. The van der Waals surface area contributed by atoms with Crippen molar-refractivity contribution in [1.29, 1.82) is 0 Å². The van der Waals surface area contributed by atoms with E-state index in [4.69, 9.17) is 0 Å². The maximum Gasteiger partial charge on any atom is 0.228 e. The van der Waals surface area contributed by atoms with Crippen molar-refractivity contribution in [1.82, 2.24) is 4.90 Å². The molecule has 0 spiro atoms. The summed E-state index contributed by atoms with van der Waals surface area (Å²) in [5.41, 5.74) is 0.662. The minimum Gasteiger partial charge on any atom is -0.342 e. The molecule has 2 amide bonds. The maximum absolute atomic E-state index is 13.0. The standard InChI is InChI=1S/C16H19FN2O2/c17-13-4-6-14(7-5-13)19-11-12(10-15(19)20)16(21)18-8-2-1-3-9-18/h4-7,12H,1-3,8-11H2/t12-/m1/s1. The van der Waals surface area contributed by atoms with Gasteiger partial charge in [0.25, 0.3) is 0 Å². The Hall–Kier alpha value is -1.91. The SMILES string of the molecule is O=C([C@@H]1CC(=O)N(c2ccc(F)cc2)C1)N1CCCCC1. The van der Waals surface area contributed by atoms with Gasteiger partial charge in [0.15, 0.2) is 0 Å². The largest absolute Gasteiger partial charge is 0.342 e. The Labute approximate surface area is 123 Å². The van der Waals surface area contributed by atoms with Gasteiger partial charge in [-0.25, -0.2) is 4.39 Å². The molecule has 1 aromatic carbocycles. The molecule has 0 bridgehead atoms. The maximum atomic E-state index is 13.0. The van der Waals surface area contributed by atoms with Gasteiger partial charge in [0, 0.05) is 31.7 Å². The third-order valence-electron chi connectivity index (χ3n) is 4.28. The lowest BCUT2D eigenvalue weighted by molar-refractivity contribution is -0.136. The van der Waals surface area contributed by atoms with Crippen LogP contribution in [-0.2, 0) is 9.59 Å². The van der Waals surface area contributed by atoms with Crippen molar-refractivity contribution in [2.24, 2.45) is 5.92 Å². The van der Waals surface area contributed by atoms with Crippen LogP contribution in [-0.4, -0.2) is 36.3 Å². The number of halogens is 1. The monoisotopic (exact) mass is 290 g/mol. The number of hydrogen-bond acceptors (Lipinski definition) is 2. The minimum absolute atomic E-state index is 0.0584. The molecule has 2 heterocycles. The molecule has 2 aliphatic rings. The molecule has 1 aromatic rings. The molecular weight excluding hydrogens is 271 g/mol.